The minimum Gasteiger partial charge on any atom is -0.380 e. The van der Waals surface area contributed by atoms with Crippen molar-refractivity contribution < 1.29 is 13.2 Å². The Kier molecular flexibility index (Phi) is 6.42. The van der Waals surface area contributed by atoms with E-state index in [4.69, 9.17) is 10.00 Å². The molecule has 1 aromatic heterocycles. The van der Waals surface area contributed by atoms with Crippen LogP contribution in [0.1, 0.15) is 25.5 Å². The summed E-state index contributed by atoms with van der Waals surface area (Å²) in [4.78, 5) is 3.76. The summed E-state index contributed by atoms with van der Waals surface area (Å²) < 4.78 is 31.3. The second kappa shape index (κ2) is 7.84. The van der Waals surface area contributed by atoms with E-state index < -0.39 is 10.0 Å². The average Bonchev–Trinajstić information content (AvgIpc) is 2.43. The van der Waals surface area contributed by atoms with Gasteiger partial charge < -0.3 is 4.74 Å². The zero-order chi connectivity index (χ0) is 14.1. The quantitative estimate of drug-likeness (QED) is 0.720. The second-order valence-electron chi connectivity index (χ2n) is 3.85. The molecule has 0 radical (unpaired) electrons. The monoisotopic (exact) mass is 283 g/mol. The summed E-state index contributed by atoms with van der Waals surface area (Å²) in [5.41, 5.74) is 0.182. The molecule has 0 bridgehead atoms. The number of rotatable bonds is 8. The van der Waals surface area contributed by atoms with Gasteiger partial charge in [-0.05, 0) is 18.6 Å². The van der Waals surface area contributed by atoms with Gasteiger partial charge in [-0.25, -0.2) is 18.1 Å². The van der Waals surface area contributed by atoms with Crippen LogP contribution in [-0.4, -0.2) is 33.2 Å². The molecule has 1 rings (SSSR count). The molecule has 0 saturated heterocycles. The van der Waals surface area contributed by atoms with Crippen molar-refractivity contribution in [1.82, 2.24) is 9.71 Å². The molecule has 0 atom stereocenters. The Morgan fingerprint density at radius 3 is 2.79 bits per heavy atom. The zero-order valence-corrected chi connectivity index (χ0v) is 11.6. The van der Waals surface area contributed by atoms with Gasteiger partial charge in [0.15, 0.2) is 0 Å². The summed E-state index contributed by atoms with van der Waals surface area (Å²) in [5, 5.41) is 8.58. The number of aromatic nitrogens is 1. The molecule has 7 heteroatoms. The van der Waals surface area contributed by atoms with Crippen molar-refractivity contribution in [1.29, 1.82) is 5.26 Å². The van der Waals surface area contributed by atoms with Gasteiger partial charge in [-0.15, -0.1) is 0 Å². The van der Waals surface area contributed by atoms with Crippen molar-refractivity contribution in [2.75, 3.05) is 19.8 Å². The lowest BCUT2D eigenvalue weighted by Gasteiger charge is -2.07. The molecule has 6 nitrogen and oxygen atoms in total. The lowest BCUT2D eigenvalue weighted by molar-refractivity contribution is 0.136. The number of nitriles is 1. The largest absolute Gasteiger partial charge is 0.380 e. The minimum absolute atomic E-state index is 0.0417. The van der Waals surface area contributed by atoms with Gasteiger partial charge in [-0.2, -0.15) is 5.26 Å². The van der Waals surface area contributed by atoms with Crippen LogP contribution >= 0.6 is 0 Å². The molecule has 0 amide bonds. The smallest absolute Gasteiger partial charge is 0.242 e. The Morgan fingerprint density at radius 2 is 2.21 bits per heavy atom. The summed E-state index contributed by atoms with van der Waals surface area (Å²) in [6.07, 6.45) is 3.17. The number of hydrogen-bond acceptors (Lipinski definition) is 5. The maximum atomic E-state index is 11.8. The third-order valence-corrected chi connectivity index (χ3v) is 3.79. The van der Waals surface area contributed by atoms with E-state index in [1.165, 1.54) is 18.3 Å². The van der Waals surface area contributed by atoms with Crippen LogP contribution < -0.4 is 4.72 Å². The van der Waals surface area contributed by atoms with Gasteiger partial charge in [0.2, 0.25) is 10.0 Å². The Hall–Kier alpha value is -1.49. The first-order valence-electron chi connectivity index (χ1n) is 6.03. The van der Waals surface area contributed by atoms with E-state index in [0.717, 1.165) is 12.8 Å². The summed E-state index contributed by atoms with van der Waals surface area (Å²) >= 11 is 0. The topological polar surface area (TPSA) is 92.1 Å². The summed E-state index contributed by atoms with van der Waals surface area (Å²) in [7, 11) is -3.58. The number of hydrogen-bond donors (Lipinski definition) is 1. The number of nitrogens with zero attached hydrogens (tertiary/aromatic N) is 2. The Bertz CT molecular complexity index is 520. The number of sulfonamides is 1. The third kappa shape index (κ3) is 5.34. The number of unbranched alkanes of at least 4 members (excludes halogenated alkanes) is 1. The van der Waals surface area contributed by atoms with Gasteiger partial charge in [-0.3, -0.25) is 0 Å². The Labute approximate surface area is 113 Å². The van der Waals surface area contributed by atoms with Crippen LogP contribution in [0.25, 0.3) is 0 Å². The van der Waals surface area contributed by atoms with Crippen molar-refractivity contribution in [3.8, 4) is 6.07 Å². The highest BCUT2D eigenvalue weighted by Crippen LogP contribution is 2.06. The first-order chi connectivity index (χ1) is 9.10. The van der Waals surface area contributed by atoms with E-state index in [1.807, 2.05) is 6.07 Å². The summed E-state index contributed by atoms with van der Waals surface area (Å²) in [5.74, 6) is 0. The van der Waals surface area contributed by atoms with Crippen LogP contribution in [0.5, 0.6) is 0 Å². The Balaban J connectivity index is 2.45. The van der Waals surface area contributed by atoms with Crippen LogP contribution in [-0.2, 0) is 14.8 Å². The maximum absolute atomic E-state index is 11.8. The van der Waals surface area contributed by atoms with Crippen LogP contribution in [0.15, 0.2) is 23.2 Å². The second-order valence-corrected chi connectivity index (χ2v) is 5.62. The molecule has 0 spiro atoms. The lowest BCUT2D eigenvalue weighted by atomic mass is 10.4. The molecule has 0 aliphatic rings. The molecular weight excluding hydrogens is 266 g/mol. The van der Waals surface area contributed by atoms with Crippen LogP contribution in [0.3, 0.4) is 0 Å². The molecule has 19 heavy (non-hydrogen) atoms. The maximum Gasteiger partial charge on any atom is 0.242 e. The standard InChI is InChI=1S/C12H17N3O3S/c1-2-3-7-18-8-6-15-19(16,17)12-5-4-11(9-13)14-10-12/h4-5,10,15H,2-3,6-8H2,1H3. The van der Waals surface area contributed by atoms with Gasteiger partial charge >= 0.3 is 0 Å². The fraction of sp³-hybridized carbons (Fsp3) is 0.500. The first-order valence-corrected chi connectivity index (χ1v) is 7.52. The molecule has 1 heterocycles. The predicted molar refractivity (Wildman–Crippen MR) is 69.9 cm³/mol. The highest BCUT2D eigenvalue weighted by molar-refractivity contribution is 7.89. The molecule has 1 N–H and O–H groups in total. The van der Waals surface area contributed by atoms with Gasteiger partial charge in [0.25, 0.3) is 0 Å². The first kappa shape index (κ1) is 15.6. The molecular formula is C12H17N3O3S. The fourth-order valence-corrected chi connectivity index (χ4v) is 2.24. The van der Waals surface area contributed by atoms with Crippen LogP contribution in [0.4, 0.5) is 0 Å². The predicted octanol–water partition coefficient (Wildman–Crippen LogP) is 1.05. The van der Waals surface area contributed by atoms with E-state index >= 15 is 0 Å². The molecule has 0 aromatic carbocycles. The average molecular weight is 283 g/mol. The van der Waals surface area contributed by atoms with Crippen LogP contribution in [0.2, 0.25) is 0 Å². The van der Waals surface area contributed by atoms with E-state index in [2.05, 4.69) is 16.6 Å². The van der Waals surface area contributed by atoms with Crippen molar-refractivity contribution >= 4 is 10.0 Å². The minimum atomic E-state index is -3.58. The van der Waals surface area contributed by atoms with Crippen molar-refractivity contribution in [2.24, 2.45) is 0 Å². The van der Waals surface area contributed by atoms with Gasteiger partial charge in [0, 0.05) is 19.3 Å². The SMILES string of the molecule is CCCCOCCNS(=O)(=O)c1ccc(C#N)nc1. The van der Waals surface area contributed by atoms with E-state index in [0.29, 0.717) is 13.2 Å². The summed E-state index contributed by atoms with van der Waals surface area (Å²) in [6, 6.07) is 4.55. The van der Waals surface area contributed by atoms with Crippen molar-refractivity contribution in [2.45, 2.75) is 24.7 Å². The van der Waals surface area contributed by atoms with Gasteiger partial charge in [0.1, 0.15) is 16.7 Å². The highest BCUT2D eigenvalue weighted by atomic mass is 32.2. The van der Waals surface area contributed by atoms with Gasteiger partial charge in [-0.1, -0.05) is 13.3 Å². The molecule has 104 valence electrons. The molecule has 0 aliphatic carbocycles. The number of nitrogens with one attached hydrogen (secondary N) is 1. The molecule has 0 unspecified atom stereocenters. The zero-order valence-electron chi connectivity index (χ0n) is 10.8. The Morgan fingerprint density at radius 1 is 1.42 bits per heavy atom. The van der Waals surface area contributed by atoms with Crippen molar-refractivity contribution in [3.63, 3.8) is 0 Å². The fourth-order valence-electron chi connectivity index (χ4n) is 1.29. The van der Waals surface area contributed by atoms with E-state index in [-0.39, 0.29) is 17.1 Å². The van der Waals surface area contributed by atoms with E-state index in [1.54, 1.807) is 0 Å². The highest BCUT2D eigenvalue weighted by Gasteiger charge is 2.13. The number of ether oxygens (including phenoxy) is 1. The van der Waals surface area contributed by atoms with Crippen molar-refractivity contribution in [3.05, 3.63) is 24.0 Å². The molecule has 0 fully saturated rings. The normalized spacial score (nSPS) is 11.2. The third-order valence-electron chi connectivity index (χ3n) is 2.34. The number of pyridine rings is 1. The summed E-state index contributed by atoms with van der Waals surface area (Å²) in [6.45, 7) is 3.25. The molecule has 0 saturated carbocycles. The molecule has 0 aliphatic heterocycles. The van der Waals surface area contributed by atoms with Gasteiger partial charge in [0.05, 0.1) is 6.61 Å². The van der Waals surface area contributed by atoms with Crippen LogP contribution in [0, 0.1) is 11.3 Å². The lowest BCUT2D eigenvalue weighted by Crippen LogP contribution is -2.27. The molecule has 1 aromatic rings. The van der Waals surface area contributed by atoms with E-state index in [9.17, 15) is 8.42 Å².